The van der Waals surface area contributed by atoms with Gasteiger partial charge < -0.3 is 9.84 Å². The van der Waals surface area contributed by atoms with Crippen LogP contribution >= 0.6 is 0 Å². The van der Waals surface area contributed by atoms with E-state index in [1.165, 1.54) is 20.4 Å². The topological polar surface area (TPSA) is 87.6 Å². The third-order valence-electron chi connectivity index (χ3n) is 3.39. The quantitative estimate of drug-likeness (QED) is 0.878. The molecule has 0 aliphatic rings. The number of nitrogens with zero attached hydrogens (tertiary/aromatic N) is 3. The number of para-hydroxylation sites is 2. The molecule has 1 aromatic heterocycles. The van der Waals surface area contributed by atoms with Gasteiger partial charge in [-0.2, -0.15) is 5.26 Å². The number of aromatic hydroxyl groups is 1. The minimum atomic E-state index is -0.535. The van der Waals surface area contributed by atoms with Gasteiger partial charge >= 0.3 is 0 Å². The molecule has 0 saturated carbocycles. The van der Waals surface area contributed by atoms with Crippen LogP contribution in [-0.4, -0.2) is 23.0 Å². The van der Waals surface area contributed by atoms with Gasteiger partial charge in [-0.3, -0.25) is 14.4 Å². The maximum Gasteiger partial charge on any atom is 0.271 e. The Labute approximate surface area is 127 Å². The molecule has 6 heteroatoms. The second kappa shape index (κ2) is 6.14. The fourth-order valence-corrected chi connectivity index (χ4v) is 2.06. The molecule has 0 spiro atoms. The highest BCUT2D eigenvalue weighted by Gasteiger charge is 2.15. The summed E-state index contributed by atoms with van der Waals surface area (Å²) in [7, 11) is 2.94. The fourth-order valence-electron chi connectivity index (χ4n) is 2.06. The van der Waals surface area contributed by atoms with Crippen LogP contribution in [0.2, 0.25) is 0 Å². The van der Waals surface area contributed by atoms with E-state index in [1.807, 2.05) is 18.2 Å². The number of hydrogen-bond donors (Lipinski definition) is 1. The van der Waals surface area contributed by atoms with E-state index >= 15 is 0 Å². The number of aliphatic imine (C=N–C) groups is 1. The summed E-state index contributed by atoms with van der Waals surface area (Å²) in [4.78, 5) is 16.2. The minimum absolute atomic E-state index is 0.0122. The van der Waals surface area contributed by atoms with Gasteiger partial charge in [0.15, 0.2) is 0 Å². The summed E-state index contributed by atoms with van der Waals surface area (Å²) >= 11 is 0. The lowest BCUT2D eigenvalue weighted by Crippen LogP contribution is -2.22. The lowest BCUT2D eigenvalue weighted by Gasteiger charge is -2.10. The minimum Gasteiger partial charge on any atom is -0.494 e. The first kappa shape index (κ1) is 15.3. The molecule has 6 nitrogen and oxygen atoms in total. The molecular weight excluding hydrogens is 282 g/mol. The van der Waals surface area contributed by atoms with Crippen LogP contribution in [0.5, 0.6) is 11.6 Å². The summed E-state index contributed by atoms with van der Waals surface area (Å²) in [5, 5.41) is 19.2. The number of methoxy groups -OCH3 is 1. The van der Waals surface area contributed by atoms with Crippen molar-refractivity contribution < 1.29 is 9.84 Å². The lowest BCUT2D eigenvalue weighted by molar-refractivity contribution is 0.416. The first-order valence-electron chi connectivity index (χ1n) is 6.51. The number of nitriles is 1. The Morgan fingerprint density at radius 1 is 1.41 bits per heavy atom. The van der Waals surface area contributed by atoms with Crippen molar-refractivity contribution in [1.82, 2.24) is 4.57 Å². The molecule has 1 heterocycles. The Morgan fingerprint density at radius 2 is 2.09 bits per heavy atom. The SMILES string of the molecule is COc1ccccc1N=Cc1c(C)c(C#N)c(=O)n(C)c1O. The Morgan fingerprint density at radius 3 is 2.73 bits per heavy atom. The van der Waals surface area contributed by atoms with Gasteiger partial charge in [0.25, 0.3) is 5.56 Å². The normalized spacial score (nSPS) is 10.6. The standard InChI is InChI=1S/C16H15N3O3/c1-10-11(8-17)15(20)19(2)16(21)12(10)9-18-13-6-4-5-7-14(13)22-3/h4-7,9,21H,1-3H3. The third-order valence-corrected chi connectivity index (χ3v) is 3.39. The van der Waals surface area contributed by atoms with E-state index in [9.17, 15) is 9.90 Å². The number of rotatable bonds is 3. The van der Waals surface area contributed by atoms with E-state index < -0.39 is 5.56 Å². The second-order valence-corrected chi connectivity index (χ2v) is 4.64. The molecule has 0 aliphatic heterocycles. The summed E-state index contributed by atoms with van der Waals surface area (Å²) in [6.07, 6.45) is 1.42. The maximum atomic E-state index is 11.9. The van der Waals surface area contributed by atoms with Gasteiger partial charge in [0.05, 0.1) is 12.7 Å². The fraction of sp³-hybridized carbons (Fsp3) is 0.188. The highest BCUT2D eigenvalue weighted by molar-refractivity contribution is 5.87. The molecule has 0 amide bonds. The molecule has 22 heavy (non-hydrogen) atoms. The predicted octanol–water partition coefficient (Wildman–Crippen LogP) is 2.03. The molecule has 0 saturated heterocycles. The highest BCUT2D eigenvalue weighted by atomic mass is 16.5. The smallest absolute Gasteiger partial charge is 0.271 e. The van der Waals surface area contributed by atoms with E-state index in [-0.39, 0.29) is 11.4 Å². The monoisotopic (exact) mass is 297 g/mol. The molecule has 2 rings (SSSR count). The molecule has 1 N–H and O–H groups in total. The van der Waals surface area contributed by atoms with Crippen molar-refractivity contribution in [2.75, 3.05) is 7.11 Å². The van der Waals surface area contributed by atoms with Crippen LogP contribution in [0.4, 0.5) is 5.69 Å². The van der Waals surface area contributed by atoms with Crippen molar-refractivity contribution in [3.05, 3.63) is 51.3 Å². The van der Waals surface area contributed by atoms with Gasteiger partial charge in [0.1, 0.15) is 23.1 Å². The summed E-state index contributed by atoms with van der Waals surface area (Å²) in [5.41, 5.74) is 0.746. The summed E-state index contributed by atoms with van der Waals surface area (Å²) in [6, 6.07) is 9.01. The number of benzene rings is 1. The van der Waals surface area contributed by atoms with Crippen molar-refractivity contribution in [2.45, 2.75) is 6.92 Å². The third kappa shape index (κ3) is 2.56. The second-order valence-electron chi connectivity index (χ2n) is 4.64. The molecule has 0 fully saturated rings. The zero-order chi connectivity index (χ0) is 16.3. The highest BCUT2D eigenvalue weighted by Crippen LogP contribution is 2.27. The first-order valence-corrected chi connectivity index (χ1v) is 6.51. The van der Waals surface area contributed by atoms with Gasteiger partial charge in [0.2, 0.25) is 5.88 Å². The number of pyridine rings is 1. The number of ether oxygens (including phenoxy) is 1. The molecule has 0 aliphatic carbocycles. The van der Waals surface area contributed by atoms with E-state index in [2.05, 4.69) is 4.99 Å². The largest absolute Gasteiger partial charge is 0.494 e. The van der Waals surface area contributed by atoms with Crippen LogP contribution in [0, 0.1) is 18.3 Å². The number of hydrogen-bond acceptors (Lipinski definition) is 5. The van der Waals surface area contributed by atoms with Gasteiger partial charge in [-0.25, -0.2) is 0 Å². The van der Waals surface area contributed by atoms with Crippen molar-refractivity contribution >= 4 is 11.9 Å². The van der Waals surface area contributed by atoms with Gasteiger partial charge in [0, 0.05) is 13.3 Å². The van der Waals surface area contributed by atoms with Crippen molar-refractivity contribution in [3.8, 4) is 17.7 Å². The van der Waals surface area contributed by atoms with Crippen LogP contribution in [0.1, 0.15) is 16.7 Å². The summed E-state index contributed by atoms with van der Waals surface area (Å²) in [5.74, 6) is 0.348. The van der Waals surface area contributed by atoms with Crippen LogP contribution in [0.15, 0.2) is 34.1 Å². The molecule has 112 valence electrons. The molecular formula is C16H15N3O3. The van der Waals surface area contributed by atoms with Gasteiger partial charge in [-0.05, 0) is 24.6 Å². The van der Waals surface area contributed by atoms with Crippen LogP contribution in [0.25, 0.3) is 0 Å². The van der Waals surface area contributed by atoms with Crippen molar-refractivity contribution in [2.24, 2.45) is 12.0 Å². The lowest BCUT2D eigenvalue weighted by atomic mass is 10.1. The van der Waals surface area contributed by atoms with Crippen LogP contribution < -0.4 is 10.3 Å². The Hall–Kier alpha value is -3.07. The molecule has 0 unspecified atom stereocenters. The van der Waals surface area contributed by atoms with Gasteiger partial charge in [-0.15, -0.1) is 0 Å². The average Bonchev–Trinajstić information content (AvgIpc) is 2.53. The van der Waals surface area contributed by atoms with E-state index in [1.54, 1.807) is 19.1 Å². The predicted molar refractivity (Wildman–Crippen MR) is 83.0 cm³/mol. The Bertz CT molecular complexity index is 845. The zero-order valence-corrected chi connectivity index (χ0v) is 12.5. The van der Waals surface area contributed by atoms with E-state index in [0.29, 0.717) is 22.6 Å². The average molecular weight is 297 g/mol. The Balaban J connectivity index is 2.60. The van der Waals surface area contributed by atoms with Gasteiger partial charge in [-0.1, -0.05) is 12.1 Å². The maximum absolute atomic E-state index is 11.9. The molecule has 2 aromatic rings. The number of aromatic nitrogens is 1. The van der Waals surface area contributed by atoms with Crippen LogP contribution in [-0.2, 0) is 7.05 Å². The van der Waals surface area contributed by atoms with Crippen molar-refractivity contribution in [1.29, 1.82) is 5.26 Å². The van der Waals surface area contributed by atoms with Crippen molar-refractivity contribution in [3.63, 3.8) is 0 Å². The molecule has 0 atom stereocenters. The first-order chi connectivity index (χ1) is 10.5. The van der Waals surface area contributed by atoms with Crippen LogP contribution in [0.3, 0.4) is 0 Å². The zero-order valence-electron chi connectivity index (χ0n) is 12.5. The molecule has 1 aromatic carbocycles. The summed E-state index contributed by atoms with van der Waals surface area (Å²) in [6.45, 7) is 1.60. The van der Waals surface area contributed by atoms with E-state index in [0.717, 1.165) is 4.57 Å². The molecule has 0 bridgehead atoms. The van der Waals surface area contributed by atoms with E-state index in [4.69, 9.17) is 10.00 Å². The Kier molecular flexibility index (Phi) is 4.28. The summed E-state index contributed by atoms with van der Waals surface area (Å²) < 4.78 is 6.22. The molecule has 0 radical (unpaired) electrons.